The lowest BCUT2D eigenvalue weighted by Gasteiger charge is -2.18. The molecule has 0 saturated carbocycles. The van der Waals surface area contributed by atoms with E-state index in [0.717, 1.165) is 4.90 Å². The highest BCUT2D eigenvalue weighted by Crippen LogP contribution is 2.34. The highest BCUT2D eigenvalue weighted by Gasteiger charge is 2.40. The van der Waals surface area contributed by atoms with Gasteiger partial charge < -0.3 is 20.1 Å². The molecule has 0 aliphatic carbocycles. The van der Waals surface area contributed by atoms with Crippen LogP contribution < -0.4 is 25.0 Å². The summed E-state index contributed by atoms with van der Waals surface area (Å²) in [6, 6.07) is 8.90. The second-order valence-electron chi connectivity index (χ2n) is 6.38. The number of imide groups is 1. The quantitative estimate of drug-likeness (QED) is 0.701. The minimum atomic E-state index is -0.787. The van der Waals surface area contributed by atoms with Gasteiger partial charge in [0.25, 0.3) is 5.91 Å². The third-order valence-electron chi connectivity index (χ3n) is 4.39. The third kappa shape index (κ3) is 4.27. The fourth-order valence-electron chi connectivity index (χ4n) is 3.10. The number of carbonyl (C=O) groups is 3. The first-order valence-corrected chi connectivity index (χ1v) is 9.14. The number of hydrogen-bond donors (Lipinski definition) is 2. The number of ether oxygens (including phenoxy) is 2. The predicted octanol–water partition coefficient (Wildman–Crippen LogP) is 3.06. The van der Waals surface area contributed by atoms with Crippen LogP contribution >= 0.6 is 11.6 Å². The molecule has 3 rings (SSSR count). The molecule has 9 heteroatoms. The van der Waals surface area contributed by atoms with Gasteiger partial charge >= 0.3 is 0 Å². The van der Waals surface area contributed by atoms with Crippen molar-refractivity contribution in [3.8, 4) is 11.5 Å². The molecule has 0 aromatic heterocycles. The molecule has 0 radical (unpaired) electrons. The first-order valence-electron chi connectivity index (χ1n) is 8.76. The maximum Gasteiger partial charge on any atom is 0.256 e. The van der Waals surface area contributed by atoms with E-state index in [1.54, 1.807) is 30.3 Å². The number of amides is 3. The third-order valence-corrected chi connectivity index (χ3v) is 4.69. The smallest absolute Gasteiger partial charge is 0.256 e. The van der Waals surface area contributed by atoms with Crippen LogP contribution in [0.2, 0.25) is 5.02 Å². The van der Waals surface area contributed by atoms with E-state index >= 15 is 0 Å². The van der Waals surface area contributed by atoms with Gasteiger partial charge in [-0.15, -0.1) is 0 Å². The van der Waals surface area contributed by atoms with E-state index in [2.05, 4.69) is 10.6 Å². The number of halogens is 1. The highest BCUT2D eigenvalue weighted by atomic mass is 35.5. The molecule has 8 nitrogen and oxygen atoms in total. The normalized spacial score (nSPS) is 16.0. The van der Waals surface area contributed by atoms with E-state index in [-0.39, 0.29) is 18.2 Å². The lowest BCUT2D eigenvalue weighted by molar-refractivity contribution is -0.121. The van der Waals surface area contributed by atoms with Crippen molar-refractivity contribution in [2.24, 2.45) is 0 Å². The van der Waals surface area contributed by atoms with Crippen LogP contribution in [0, 0.1) is 0 Å². The molecule has 1 saturated heterocycles. The molecule has 2 N–H and O–H groups in total. The zero-order valence-corrected chi connectivity index (χ0v) is 16.9. The van der Waals surface area contributed by atoms with Gasteiger partial charge in [0, 0.05) is 12.6 Å². The Bertz CT molecular complexity index is 979. The molecule has 2 aromatic rings. The molecule has 0 unspecified atom stereocenters. The van der Waals surface area contributed by atoms with Gasteiger partial charge in [-0.2, -0.15) is 0 Å². The number of methoxy groups -OCH3 is 2. The molecule has 1 fully saturated rings. The topological polar surface area (TPSA) is 97.0 Å². The van der Waals surface area contributed by atoms with E-state index in [0.29, 0.717) is 33.6 Å². The lowest BCUT2D eigenvalue weighted by Crippen LogP contribution is -2.34. The fourth-order valence-corrected chi connectivity index (χ4v) is 3.35. The summed E-state index contributed by atoms with van der Waals surface area (Å²) in [5.74, 6) is -0.0706. The number of hydrogen-bond acceptors (Lipinski definition) is 6. The molecule has 152 valence electrons. The Morgan fingerprint density at radius 3 is 2.41 bits per heavy atom. The standard InChI is InChI=1S/C20H20ClN3O5/c1-11(25)22-12-4-6-18(29-3)15(8-12)23-16-10-19(26)24(20(16)27)13-5-7-17(28-2)14(21)9-13/h4-9,16,23H,10H2,1-3H3,(H,22,25)/t16-/m1/s1. The van der Waals surface area contributed by atoms with Crippen molar-refractivity contribution in [2.75, 3.05) is 29.8 Å². The fraction of sp³-hybridized carbons (Fsp3) is 0.250. The van der Waals surface area contributed by atoms with Crippen LogP contribution in [0.15, 0.2) is 36.4 Å². The Kier molecular flexibility index (Phi) is 5.93. The molecule has 3 amide bonds. The van der Waals surface area contributed by atoms with E-state index in [9.17, 15) is 14.4 Å². The summed E-state index contributed by atoms with van der Waals surface area (Å²) in [5, 5.41) is 6.01. The van der Waals surface area contributed by atoms with Gasteiger partial charge in [-0.05, 0) is 36.4 Å². The largest absolute Gasteiger partial charge is 0.495 e. The van der Waals surface area contributed by atoms with Crippen LogP contribution in [-0.4, -0.2) is 38.0 Å². The SMILES string of the molecule is COc1ccc(N2C(=O)C[C@@H](Nc3cc(NC(C)=O)ccc3OC)C2=O)cc1Cl. The van der Waals surface area contributed by atoms with Gasteiger partial charge in [0.1, 0.15) is 17.5 Å². The average Bonchev–Trinajstić information content (AvgIpc) is 2.94. The summed E-state index contributed by atoms with van der Waals surface area (Å²) in [6.45, 7) is 1.40. The zero-order chi connectivity index (χ0) is 21.1. The Morgan fingerprint density at radius 2 is 1.79 bits per heavy atom. The first-order chi connectivity index (χ1) is 13.8. The monoisotopic (exact) mass is 417 g/mol. The summed E-state index contributed by atoms with van der Waals surface area (Å²) in [5.41, 5.74) is 1.39. The van der Waals surface area contributed by atoms with Crippen molar-refractivity contribution in [1.29, 1.82) is 0 Å². The first kappa shape index (κ1) is 20.5. The Hall–Kier alpha value is -3.26. The average molecular weight is 418 g/mol. The van der Waals surface area contributed by atoms with Crippen molar-refractivity contribution >= 4 is 46.4 Å². The molecule has 2 aromatic carbocycles. The zero-order valence-electron chi connectivity index (χ0n) is 16.1. The summed E-state index contributed by atoms with van der Waals surface area (Å²) in [4.78, 5) is 37.8. The van der Waals surface area contributed by atoms with E-state index in [4.69, 9.17) is 21.1 Å². The Balaban J connectivity index is 1.85. The van der Waals surface area contributed by atoms with Gasteiger partial charge in [-0.1, -0.05) is 11.6 Å². The van der Waals surface area contributed by atoms with Crippen molar-refractivity contribution in [3.05, 3.63) is 41.4 Å². The molecule has 1 aliphatic heterocycles. The predicted molar refractivity (Wildman–Crippen MR) is 110 cm³/mol. The van der Waals surface area contributed by atoms with Crippen LogP contribution in [0.25, 0.3) is 0 Å². The van der Waals surface area contributed by atoms with Gasteiger partial charge in [0.2, 0.25) is 11.8 Å². The maximum absolute atomic E-state index is 12.9. The van der Waals surface area contributed by atoms with Crippen LogP contribution in [0.1, 0.15) is 13.3 Å². The Labute approximate surface area is 172 Å². The minimum Gasteiger partial charge on any atom is -0.495 e. The van der Waals surface area contributed by atoms with Crippen LogP contribution in [-0.2, 0) is 14.4 Å². The number of nitrogens with zero attached hydrogens (tertiary/aromatic N) is 1. The molecule has 29 heavy (non-hydrogen) atoms. The second-order valence-corrected chi connectivity index (χ2v) is 6.79. The summed E-state index contributed by atoms with van der Waals surface area (Å²) in [7, 11) is 2.97. The summed E-state index contributed by atoms with van der Waals surface area (Å²) in [6.07, 6.45) is -0.0317. The van der Waals surface area contributed by atoms with Crippen molar-refractivity contribution in [1.82, 2.24) is 0 Å². The van der Waals surface area contributed by atoms with Crippen LogP contribution in [0.3, 0.4) is 0 Å². The lowest BCUT2D eigenvalue weighted by atomic mass is 10.2. The van der Waals surface area contributed by atoms with E-state index in [1.165, 1.54) is 27.2 Å². The maximum atomic E-state index is 12.9. The molecular weight excluding hydrogens is 398 g/mol. The van der Waals surface area contributed by atoms with E-state index < -0.39 is 11.9 Å². The second kappa shape index (κ2) is 8.40. The van der Waals surface area contributed by atoms with E-state index in [1.807, 2.05) is 0 Å². The molecule has 1 heterocycles. The van der Waals surface area contributed by atoms with Crippen molar-refractivity contribution in [3.63, 3.8) is 0 Å². The molecule has 1 aliphatic rings. The molecule has 0 bridgehead atoms. The summed E-state index contributed by atoms with van der Waals surface area (Å²) >= 11 is 6.13. The number of benzene rings is 2. The van der Waals surface area contributed by atoms with Crippen molar-refractivity contribution in [2.45, 2.75) is 19.4 Å². The number of nitrogens with one attached hydrogen (secondary N) is 2. The van der Waals surface area contributed by atoms with Gasteiger partial charge in [0.05, 0.1) is 37.0 Å². The van der Waals surface area contributed by atoms with Crippen LogP contribution in [0.5, 0.6) is 11.5 Å². The molecule has 0 spiro atoms. The number of anilines is 3. The van der Waals surface area contributed by atoms with Gasteiger partial charge in [0.15, 0.2) is 0 Å². The van der Waals surface area contributed by atoms with Crippen molar-refractivity contribution < 1.29 is 23.9 Å². The van der Waals surface area contributed by atoms with Gasteiger partial charge in [-0.25, -0.2) is 4.90 Å². The molecular formula is C20H20ClN3O5. The van der Waals surface area contributed by atoms with Gasteiger partial charge in [-0.3, -0.25) is 14.4 Å². The number of carbonyl (C=O) groups excluding carboxylic acids is 3. The summed E-state index contributed by atoms with van der Waals surface area (Å²) < 4.78 is 10.4. The minimum absolute atomic E-state index is 0.0317. The Morgan fingerprint density at radius 1 is 1.10 bits per heavy atom. The van der Waals surface area contributed by atoms with Crippen LogP contribution in [0.4, 0.5) is 17.1 Å². The molecule has 1 atom stereocenters. The highest BCUT2D eigenvalue weighted by molar-refractivity contribution is 6.33. The number of rotatable bonds is 6.